The number of aromatic carboxylic acids is 1. The van der Waals surface area contributed by atoms with Gasteiger partial charge in [-0.15, -0.1) is 0 Å². The number of anilines is 2. The smallest absolute Gasteiger partial charge is 0.337 e. The molecule has 0 radical (unpaired) electrons. The van der Waals surface area contributed by atoms with Gasteiger partial charge < -0.3 is 10.4 Å². The summed E-state index contributed by atoms with van der Waals surface area (Å²) < 4.78 is 27.7. The fraction of sp³-hybridized carbons (Fsp3) is 0.0909. The standard InChI is InChI=1S/C22H19ClN2O5S/c1-15-11-12-16(23)13-20(15)25(31(29,30)17-7-3-2-4-8-17)14-21(26)24-19-10-6-5-9-18(19)22(27)28/h2-13H,14H2,1H3,(H,24,26)(H,27,28). The minimum absolute atomic E-state index is 0.00751. The molecule has 1 amide bonds. The van der Waals surface area contributed by atoms with Crippen LogP contribution in [0, 0.1) is 6.92 Å². The normalized spacial score (nSPS) is 11.0. The Morgan fingerprint density at radius 2 is 1.65 bits per heavy atom. The van der Waals surface area contributed by atoms with E-state index >= 15 is 0 Å². The van der Waals surface area contributed by atoms with E-state index in [0.29, 0.717) is 10.6 Å². The van der Waals surface area contributed by atoms with Gasteiger partial charge in [0.15, 0.2) is 0 Å². The van der Waals surface area contributed by atoms with Crippen LogP contribution < -0.4 is 9.62 Å². The quantitative estimate of drug-likeness (QED) is 0.552. The highest BCUT2D eigenvalue weighted by atomic mass is 35.5. The SMILES string of the molecule is Cc1ccc(Cl)cc1N(CC(=O)Nc1ccccc1C(=O)O)S(=O)(=O)c1ccccc1. The lowest BCUT2D eigenvalue weighted by Crippen LogP contribution is -2.38. The summed E-state index contributed by atoms with van der Waals surface area (Å²) in [6.07, 6.45) is 0. The van der Waals surface area contributed by atoms with Gasteiger partial charge in [0.1, 0.15) is 6.54 Å². The second-order valence-electron chi connectivity index (χ2n) is 6.65. The molecule has 31 heavy (non-hydrogen) atoms. The maximum Gasteiger partial charge on any atom is 0.337 e. The molecule has 3 aromatic carbocycles. The number of para-hydroxylation sites is 1. The number of halogens is 1. The molecule has 0 atom stereocenters. The van der Waals surface area contributed by atoms with Crippen molar-refractivity contribution in [2.24, 2.45) is 0 Å². The number of carboxylic acid groups (broad SMARTS) is 1. The second kappa shape index (κ2) is 9.20. The number of carboxylic acids is 1. The number of rotatable bonds is 7. The molecule has 3 rings (SSSR count). The minimum atomic E-state index is -4.11. The van der Waals surface area contributed by atoms with Crippen molar-refractivity contribution < 1.29 is 23.1 Å². The van der Waals surface area contributed by atoms with Crippen LogP contribution in [0.1, 0.15) is 15.9 Å². The maximum absolute atomic E-state index is 13.4. The Bertz CT molecular complexity index is 1230. The summed E-state index contributed by atoms with van der Waals surface area (Å²) in [5.41, 5.74) is 0.813. The number of nitrogens with one attached hydrogen (secondary N) is 1. The van der Waals surface area contributed by atoms with Gasteiger partial charge in [-0.1, -0.05) is 48.0 Å². The number of hydrogen-bond acceptors (Lipinski definition) is 4. The van der Waals surface area contributed by atoms with Gasteiger partial charge in [-0.3, -0.25) is 9.10 Å². The van der Waals surface area contributed by atoms with E-state index in [4.69, 9.17) is 11.6 Å². The lowest BCUT2D eigenvalue weighted by atomic mass is 10.2. The molecule has 0 aliphatic carbocycles. The van der Waals surface area contributed by atoms with Crippen LogP contribution in [0.3, 0.4) is 0 Å². The number of sulfonamides is 1. The number of hydrogen-bond donors (Lipinski definition) is 2. The molecule has 3 aromatic rings. The Hall–Kier alpha value is -3.36. The Morgan fingerprint density at radius 3 is 2.32 bits per heavy atom. The third-order valence-corrected chi connectivity index (χ3v) is 6.50. The predicted molar refractivity (Wildman–Crippen MR) is 119 cm³/mol. The monoisotopic (exact) mass is 458 g/mol. The Morgan fingerprint density at radius 1 is 1.00 bits per heavy atom. The Labute approximate surface area is 184 Å². The summed E-state index contributed by atoms with van der Waals surface area (Å²) in [4.78, 5) is 24.2. The average Bonchev–Trinajstić information content (AvgIpc) is 2.74. The highest BCUT2D eigenvalue weighted by Crippen LogP contribution is 2.29. The summed E-state index contributed by atoms with van der Waals surface area (Å²) >= 11 is 6.09. The molecule has 0 aliphatic heterocycles. The molecule has 0 saturated heterocycles. The lowest BCUT2D eigenvalue weighted by molar-refractivity contribution is -0.114. The first-order valence-electron chi connectivity index (χ1n) is 9.16. The van der Waals surface area contributed by atoms with Gasteiger partial charge in [0, 0.05) is 5.02 Å². The van der Waals surface area contributed by atoms with Crippen molar-refractivity contribution in [2.75, 3.05) is 16.2 Å². The number of aryl methyl sites for hydroxylation is 1. The van der Waals surface area contributed by atoms with Gasteiger partial charge in [0.2, 0.25) is 5.91 Å². The van der Waals surface area contributed by atoms with Crippen LogP contribution in [0.2, 0.25) is 5.02 Å². The molecule has 160 valence electrons. The van der Waals surface area contributed by atoms with E-state index in [1.54, 1.807) is 43.3 Å². The van der Waals surface area contributed by atoms with Gasteiger partial charge >= 0.3 is 5.97 Å². The fourth-order valence-corrected chi connectivity index (χ4v) is 4.63. The van der Waals surface area contributed by atoms with Crippen molar-refractivity contribution in [3.05, 3.63) is 88.9 Å². The Kier molecular flexibility index (Phi) is 6.62. The van der Waals surface area contributed by atoms with E-state index in [2.05, 4.69) is 5.32 Å². The van der Waals surface area contributed by atoms with Gasteiger partial charge in [0.05, 0.1) is 21.8 Å². The fourth-order valence-electron chi connectivity index (χ4n) is 2.97. The summed E-state index contributed by atoms with van der Waals surface area (Å²) in [6, 6.07) is 18.3. The molecule has 0 fully saturated rings. The van der Waals surface area contributed by atoms with Crippen LogP contribution in [0.5, 0.6) is 0 Å². The predicted octanol–water partition coefficient (Wildman–Crippen LogP) is 4.18. The molecule has 0 aliphatic rings. The molecule has 7 nitrogen and oxygen atoms in total. The first-order chi connectivity index (χ1) is 14.7. The van der Waals surface area contributed by atoms with E-state index in [1.165, 1.54) is 36.4 Å². The molecule has 0 unspecified atom stereocenters. The summed E-state index contributed by atoms with van der Waals surface area (Å²) in [5.74, 6) is -1.91. The second-order valence-corrected chi connectivity index (χ2v) is 8.95. The topological polar surface area (TPSA) is 104 Å². The number of carbonyl (C=O) groups is 2. The zero-order valence-electron chi connectivity index (χ0n) is 16.4. The van der Waals surface area contributed by atoms with Crippen LogP contribution in [-0.2, 0) is 14.8 Å². The molecule has 0 spiro atoms. The van der Waals surface area contributed by atoms with Crippen LogP contribution in [0.15, 0.2) is 77.7 Å². The van der Waals surface area contributed by atoms with Crippen LogP contribution in [0.4, 0.5) is 11.4 Å². The first-order valence-corrected chi connectivity index (χ1v) is 11.0. The molecule has 0 heterocycles. The van der Waals surface area contributed by atoms with Crippen LogP contribution in [-0.4, -0.2) is 31.9 Å². The summed E-state index contributed by atoms with van der Waals surface area (Å²) in [7, 11) is -4.11. The van der Waals surface area contributed by atoms with Crippen molar-refractivity contribution in [3.63, 3.8) is 0 Å². The number of nitrogens with zero attached hydrogens (tertiary/aromatic N) is 1. The molecule has 9 heteroatoms. The highest BCUT2D eigenvalue weighted by Gasteiger charge is 2.28. The zero-order chi connectivity index (χ0) is 22.6. The van der Waals surface area contributed by atoms with E-state index in [1.807, 2.05) is 0 Å². The molecule has 0 aromatic heterocycles. The van der Waals surface area contributed by atoms with Crippen molar-refractivity contribution in [1.82, 2.24) is 0 Å². The molecule has 0 saturated carbocycles. The Balaban J connectivity index is 2.01. The zero-order valence-corrected chi connectivity index (χ0v) is 18.0. The van der Waals surface area contributed by atoms with Crippen molar-refractivity contribution in [1.29, 1.82) is 0 Å². The largest absolute Gasteiger partial charge is 0.478 e. The average molecular weight is 459 g/mol. The molecule has 2 N–H and O–H groups in total. The third-order valence-electron chi connectivity index (χ3n) is 4.49. The van der Waals surface area contributed by atoms with Crippen molar-refractivity contribution in [3.8, 4) is 0 Å². The number of amides is 1. The van der Waals surface area contributed by atoms with E-state index in [9.17, 15) is 23.1 Å². The van der Waals surface area contributed by atoms with Crippen molar-refractivity contribution in [2.45, 2.75) is 11.8 Å². The maximum atomic E-state index is 13.4. The first kappa shape index (κ1) is 22.3. The van der Waals surface area contributed by atoms with E-state index in [-0.39, 0.29) is 21.8 Å². The van der Waals surface area contributed by atoms with Crippen LogP contribution in [0.25, 0.3) is 0 Å². The highest BCUT2D eigenvalue weighted by molar-refractivity contribution is 7.92. The van der Waals surface area contributed by atoms with Gasteiger partial charge in [-0.2, -0.15) is 0 Å². The summed E-state index contributed by atoms with van der Waals surface area (Å²) in [6.45, 7) is 1.13. The van der Waals surface area contributed by atoms with E-state index in [0.717, 1.165) is 4.31 Å². The number of benzene rings is 3. The third kappa shape index (κ3) is 5.04. The van der Waals surface area contributed by atoms with Gasteiger partial charge in [0.25, 0.3) is 10.0 Å². The lowest BCUT2D eigenvalue weighted by Gasteiger charge is -2.26. The minimum Gasteiger partial charge on any atom is -0.478 e. The molecular weight excluding hydrogens is 440 g/mol. The van der Waals surface area contributed by atoms with Crippen LogP contribution >= 0.6 is 11.6 Å². The van der Waals surface area contributed by atoms with Gasteiger partial charge in [-0.25, -0.2) is 13.2 Å². The van der Waals surface area contributed by atoms with Crippen molar-refractivity contribution >= 4 is 44.9 Å². The number of carbonyl (C=O) groups excluding carboxylic acids is 1. The van der Waals surface area contributed by atoms with E-state index < -0.39 is 28.4 Å². The summed E-state index contributed by atoms with van der Waals surface area (Å²) in [5, 5.41) is 12.1. The van der Waals surface area contributed by atoms with Gasteiger partial charge in [-0.05, 0) is 48.9 Å². The molecule has 0 bridgehead atoms. The molecular formula is C22H19ClN2O5S.